The maximum Gasteiger partial charge on any atom is 0.340 e. The molecule has 2 amide bonds. The number of carbonyl (C=O) groups excluding carboxylic acids is 2. The van der Waals surface area contributed by atoms with Gasteiger partial charge in [0.2, 0.25) is 11.4 Å². The van der Waals surface area contributed by atoms with Crippen LogP contribution < -0.4 is 4.90 Å². The summed E-state index contributed by atoms with van der Waals surface area (Å²) in [6.07, 6.45) is 4.97. The zero-order chi connectivity index (χ0) is 20.5. The van der Waals surface area contributed by atoms with Gasteiger partial charge in [-0.1, -0.05) is 53.8 Å². The van der Waals surface area contributed by atoms with Crippen LogP contribution in [-0.4, -0.2) is 51.9 Å². The molecule has 0 radical (unpaired) electrons. The second-order valence-corrected chi connectivity index (χ2v) is 8.91. The summed E-state index contributed by atoms with van der Waals surface area (Å²) in [4.78, 5) is 31.9. The highest BCUT2D eigenvalue weighted by Gasteiger charge is 2.41. The Morgan fingerprint density at radius 1 is 1.17 bits per heavy atom. The van der Waals surface area contributed by atoms with E-state index < -0.39 is 12.2 Å². The number of hydrogen-bond donors (Lipinski definition) is 0. The third-order valence-electron chi connectivity index (χ3n) is 5.08. The van der Waals surface area contributed by atoms with Crippen molar-refractivity contribution in [3.05, 3.63) is 33.0 Å². The van der Waals surface area contributed by atoms with Gasteiger partial charge in [-0.2, -0.15) is 0 Å². The number of pyridine rings is 1. The van der Waals surface area contributed by atoms with Crippen molar-refractivity contribution in [3.63, 3.8) is 0 Å². The molecule has 11 heteroatoms. The molecular weight excluding hydrogens is 437 g/mol. The fraction of sp³-hybridized carbons (Fsp3) is 0.500. The molecule has 8 nitrogen and oxygen atoms in total. The van der Waals surface area contributed by atoms with Crippen molar-refractivity contribution in [1.29, 1.82) is 0 Å². The zero-order valence-electron chi connectivity index (χ0n) is 15.7. The minimum Gasteiger partial charge on any atom is -0.435 e. The molecule has 0 aromatic carbocycles. The number of hydrogen-bond acceptors (Lipinski definition) is 7. The van der Waals surface area contributed by atoms with Crippen LogP contribution in [0.5, 0.6) is 0 Å². The predicted molar refractivity (Wildman–Crippen MR) is 110 cm³/mol. The molecule has 4 rings (SSSR count). The second kappa shape index (κ2) is 8.41. The molecular formula is C18H19Cl2N5O3S. The lowest BCUT2D eigenvalue weighted by molar-refractivity contribution is 0.0331. The first-order valence-electron chi connectivity index (χ1n) is 9.34. The molecule has 29 heavy (non-hydrogen) atoms. The van der Waals surface area contributed by atoms with Crippen LogP contribution in [0.4, 0.5) is 9.93 Å². The van der Waals surface area contributed by atoms with Crippen LogP contribution in [0.25, 0.3) is 0 Å². The topological polar surface area (TPSA) is 88.5 Å². The lowest BCUT2D eigenvalue weighted by Gasteiger charge is -2.20. The molecule has 3 heterocycles. The van der Waals surface area contributed by atoms with E-state index in [2.05, 4.69) is 15.2 Å². The SMILES string of the molecule is CN1CC(OC(=O)c2cc(Cl)nc(Cl)c2)N(c2nnc(C3CCCCC3)s2)C1=O. The maximum absolute atomic E-state index is 12.7. The third-order valence-corrected chi connectivity index (χ3v) is 6.56. The molecule has 1 aliphatic heterocycles. The van der Waals surface area contributed by atoms with Gasteiger partial charge in [0.25, 0.3) is 0 Å². The predicted octanol–water partition coefficient (Wildman–Crippen LogP) is 4.34. The van der Waals surface area contributed by atoms with E-state index in [1.165, 1.54) is 52.5 Å². The van der Waals surface area contributed by atoms with E-state index in [1.54, 1.807) is 7.05 Å². The lowest BCUT2D eigenvalue weighted by atomic mass is 9.90. The number of amides is 2. The highest BCUT2D eigenvalue weighted by Crippen LogP contribution is 2.37. The van der Waals surface area contributed by atoms with Gasteiger partial charge >= 0.3 is 12.0 Å². The molecule has 1 saturated heterocycles. The number of aromatic nitrogens is 3. The lowest BCUT2D eigenvalue weighted by Crippen LogP contribution is -2.37. The number of halogens is 2. The fourth-order valence-electron chi connectivity index (χ4n) is 3.61. The van der Waals surface area contributed by atoms with Gasteiger partial charge in [-0.05, 0) is 25.0 Å². The highest BCUT2D eigenvalue weighted by atomic mass is 35.5. The van der Waals surface area contributed by atoms with Crippen LogP contribution in [0.2, 0.25) is 10.3 Å². The summed E-state index contributed by atoms with van der Waals surface area (Å²) in [5, 5.41) is 10.1. The fourth-order valence-corrected chi connectivity index (χ4v) is 5.12. The second-order valence-electron chi connectivity index (χ2n) is 7.15. The van der Waals surface area contributed by atoms with Gasteiger partial charge < -0.3 is 9.64 Å². The van der Waals surface area contributed by atoms with Crippen molar-refractivity contribution in [1.82, 2.24) is 20.1 Å². The molecule has 2 aromatic heterocycles. The molecule has 1 aliphatic carbocycles. The summed E-state index contributed by atoms with van der Waals surface area (Å²) in [5.41, 5.74) is 0.164. The smallest absolute Gasteiger partial charge is 0.340 e. The Kier molecular flexibility index (Phi) is 5.89. The van der Waals surface area contributed by atoms with Crippen LogP contribution in [0.3, 0.4) is 0 Å². The van der Waals surface area contributed by atoms with E-state index in [4.69, 9.17) is 27.9 Å². The Hall–Kier alpha value is -1.97. The molecule has 1 unspecified atom stereocenters. The monoisotopic (exact) mass is 455 g/mol. The zero-order valence-corrected chi connectivity index (χ0v) is 18.0. The van der Waals surface area contributed by atoms with E-state index in [-0.39, 0.29) is 28.4 Å². The van der Waals surface area contributed by atoms with Gasteiger partial charge in [0.1, 0.15) is 15.3 Å². The summed E-state index contributed by atoms with van der Waals surface area (Å²) >= 11 is 13.1. The van der Waals surface area contributed by atoms with Gasteiger partial charge in [0.05, 0.1) is 12.1 Å². The average molecular weight is 456 g/mol. The normalized spacial score (nSPS) is 20.4. The Balaban J connectivity index is 1.54. The molecule has 1 saturated carbocycles. The van der Waals surface area contributed by atoms with E-state index in [0.717, 1.165) is 17.8 Å². The van der Waals surface area contributed by atoms with Gasteiger partial charge in [0, 0.05) is 13.0 Å². The van der Waals surface area contributed by atoms with Crippen LogP contribution in [0.15, 0.2) is 12.1 Å². The van der Waals surface area contributed by atoms with Crippen molar-refractivity contribution < 1.29 is 14.3 Å². The molecule has 2 aliphatic rings. The quantitative estimate of drug-likeness (QED) is 0.502. The number of likely N-dealkylation sites (N-methyl/N-ethyl adjacent to an activating group) is 1. The van der Waals surface area contributed by atoms with Crippen molar-refractivity contribution >= 4 is 51.7 Å². The first-order valence-corrected chi connectivity index (χ1v) is 10.9. The molecule has 0 bridgehead atoms. The van der Waals surface area contributed by atoms with Gasteiger partial charge in [-0.25, -0.2) is 19.5 Å². The van der Waals surface area contributed by atoms with Gasteiger partial charge in [-0.3, -0.25) is 0 Å². The number of esters is 1. The standard InChI is InChI=1S/C18H19Cl2N5O3S/c1-24-9-14(28-16(26)11-7-12(19)21-13(20)8-11)25(18(24)27)17-23-22-15(29-17)10-5-3-2-4-6-10/h7-8,10,14H,2-6,9H2,1H3. The Bertz CT molecular complexity index is 914. The van der Waals surface area contributed by atoms with Crippen molar-refractivity contribution in [2.24, 2.45) is 0 Å². The Morgan fingerprint density at radius 3 is 2.55 bits per heavy atom. The summed E-state index contributed by atoms with van der Waals surface area (Å²) in [6.45, 7) is 0.218. The van der Waals surface area contributed by atoms with Crippen LogP contribution in [0.1, 0.15) is 53.4 Å². The van der Waals surface area contributed by atoms with E-state index in [9.17, 15) is 9.59 Å². The third kappa shape index (κ3) is 4.31. The summed E-state index contributed by atoms with van der Waals surface area (Å²) in [5.74, 6) is -0.265. The van der Waals surface area contributed by atoms with E-state index in [1.807, 2.05) is 0 Å². The Labute approximate surface area is 181 Å². The molecule has 1 atom stereocenters. The molecule has 154 valence electrons. The Morgan fingerprint density at radius 2 is 1.86 bits per heavy atom. The van der Waals surface area contributed by atoms with Crippen molar-refractivity contribution in [2.45, 2.75) is 44.2 Å². The van der Waals surface area contributed by atoms with Crippen LogP contribution in [0, 0.1) is 0 Å². The van der Waals surface area contributed by atoms with E-state index >= 15 is 0 Å². The van der Waals surface area contributed by atoms with Gasteiger partial charge in [0.15, 0.2) is 0 Å². The maximum atomic E-state index is 12.7. The largest absolute Gasteiger partial charge is 0.435 e. The summed E-state index contributed by atoms with van der Waals surface area (Å²) in [6, 6.07) is 2.44. The molecule has 2 aromatic rings. The van der Waals surface area contributed by atoms with Crippen molar-refractivity contribution in [3.8, 4) is 0 Å². The highest BCUT2D eigenvalue weighted by molar-refractivity contribution is 7.15. The van der Waals surface area contributed by atoms with E-state index in [0.29, 0.717) is 11.0 Å². The number of ether oxygens (including phenoxy) is 1. The first-order chi connectivity index (χ1) is 13.9. The van der Waals surface area contributed by atoms with Crippen LogP contribution >= 0.6 is 34.5 Å². The molecule has 0 spiro atoms. The van der Waals surface area contributed by atoms with Gasteiger partial charge in [-0.15, -0.1) is 10.2 Å². The summed E-state index contributed by atoms with van der Waals surface area (Å²) < 4.78 is 5.59. The number of carbonyl (C=O) groups is 2. The number of anilines is 1. The summed E-state index contributed by atoms with van der Waals surface area (Å²) in [7, 11) is 1.65. The first kappa shape index (κ1) is 20.3. The molecule has 0 N–H and O–H groups in total. The van der Waals surface area contributed by atoms with Crippen molar-refractivity contribution in [2.75, 3.05) is 18.5 Å². The minimum absolute atomic E-state index is 0.0853. The number of rotatable bonds is 4. The van der Waals surface area contributed by atoms with Crippen LogP contribution in [-0.2, 0) is 4.74 Å². The number of urea groups is 1. The minimum atomic E-state index is -0.821. The molecule has 2 fully saturated rings. The number of nitrogens with zero attached hydrogens (tertiary/aromatic N) is 5. The average Bonchev–Trinajstić information content (AvgIpc) is 3.27.